The van der Waals surface area contributed by atoms with Crippen LogP contribution in [0.4, 0.5) is 17.1 Å². The Labute approximate surface area is 320 Å². The molecule has 2 aliphatic rings. The molecule has 0 fully saturated rings. The molecule has 0 N–H and O–H groups in total. The molecule has 54 heavy (non-hydrogen) atoms. The van der Waals surface area contributed by atoms with Gasteiger partial charge in [-0.15, -0.1) is 11.3 Å². The van der Waals surface area contributed by atoms with Gasteiger partial charge in [-0.3, -0.25) is 0 Å². The summed E-state index contributed by atoms with van der Waals surface area (Å²) in [5.74, 6) is 0. The van der Waals surface area contributed by atoms with Crippen LogP contribution < -0.4 is 4.90 Å². The molecule has 0 amide bonds. The molecule has 0 bridgehead atoms. The molecule has 0 atom stereocenters. The van der Waals surface area contributed by atoms with Gasteiger partial charge in [0.1, 0.15) is 0 Å². The number of fused-ring (bicyclic) bond motifs is 9. The van der Waals surface area contributed by atoms with Crippen molar-refractivity contribution in [1.82, 2.24) is 0 Å². The molecular weight excluding hydrogens is 671 g/mol. The summed E-state index contributed by atoms with van der Waals surface area (Å²) in [6.07, 6.45) is 0. The van der Waals surface area contributed by atoms with Crippen LogP contribution in [-0.2, 0) is 10.8 Å². The highest BCUT2D eigenvalue weighted by atomic mass is 32.1. The average Bonchev–Trinajstić information content (AvgIpc) is 3.84. The van der Waals surface area contributed by atoms with Gasteiger partial charge in [-0.25, -0.2) is 0 Å². The summed E-state index contributed by atoms with van der Waals surface area (Å²) in [7, 11) is 0. The van der Waals surface area contributed by atoms with Crippen molar-refractivity contribution in [2.45, 2.75) is 24.7 Å². The number of hydrogen-bond donors (Lipinski definition) is 0. The van der Waals surface area contributed by atoms with Crippen LogP contribution in [0.3, 0.4) is 0 Å². The zero-order chi connectivity index (χ0) is 36.0. The van der Waals surface area contributed by atoms with Crippen LogP contribution in [0.5, 0.6) is 0 Å². The van der Waals surface area contributed by atoms with Gasteiger partial charge in [-0.2, -0.15) is 0 Å². The van der Waals surface area contributed by atoms with Gasteiger partial charge in [0.15, 0.2) is 0 Å². The molecule has 2 aliphatic carbocycles. The van der Waals surface area contributed by atoms with E-state index >= 15 is 0 Å². The van der Waals surface area contributed by atoms with Crippen molar-refractivity contribution in [1.29, 1.82) is 0 Å². The van der Waals surface area contributed by atoms with E-state index in [2.05, 4.69) is 207 Å². The second kappa shape index (κ2) is 11.6. The first kappa shape index (κ1) is 31.3. The topological polar surface area (TPSA) is 3.24 Å². The predicted octanol–water partition coefficient (Wildman–Crippen LogP) is 14.2. The zero-order valence-electron chi connectivity index (χ0n) is 30.3. The van der Waals surface area contributed by atoms with E-state index < -0.39 is 5.41 Å². The van der Waals surface area contributed by atoms with E-state index in [4.69, 9.17) is 0 Å². The fourth-order valence-corrected chi connectivity index (χ4v) is 11.1. The second-order valence-electron chi connectivity index (χ2n) is 15.2. The lowest BCUT2D eigenvalue weighted by Crippen LogP contribution is -2.28. The Morgan fingerprint density at radius 1 is 0.389 bits per heavy atom. The predicted molar refractivity (Wildman–Crippen MR) is 229 cm³/mol. The van der Waals surface area contributed by atoms with Crippen LogP contribution in [0.25, 0.3) is 42.4 Å². The third-order valence-corrected chi connectivity index (χ3v) is 13.4. The van der Waals surface area contributed by atoms with Crippen LogP contribution in [0.15, 0.2) is 188 Å². The lowest BCUT2D eigenvalue weighted by atomic mass is 9.68. The maximum absolute atomic E-state index is 2.61. The van der Waals surface area contributed by atoms with E-state index in [9.17, 15) is 0 Å². The minimum absolute atomic E-state index is 0.127. The Balaban J connectivity index is 1.29. The molecule has 0 saturated carbocycles. The van der Waals surface area contributed by atoms with E-state index in [1.807, 2.05) is 11.3 Å². The Morgan fingerprint density at radius 3 is 1.57 bits per heavy atom. The molecule has 0 aliphatic heterocycles. The number of nitrogens with zero attached hydrogens (tertiary/aromatic N) is 1. The van der Waals surface area contributed by atoms with Gasteiger partial charge in [-0.05, 0) is 68.8 Å². The largest absolute Gasteiger partial charge is 0.308 e. The normalized spacial score (nSPS) is 14.4. The van der Waals surface area contributed by atoms with Crippen LogP contribution in [0.1, 0.15) is 47.2 Å². The summed E-state index contributed by atoms with van der Waals surface area (Å²) in [5, 5.41) is 2.60. The van der Waals surface area contributed by atoms with Crippen molar-refractivity contribution in [2.24, 2.45) is 0 Å². The molecule has 0 saturated heterocycles. The molecule has 11 rings (SSSR count). The van der Waals surface area contributed by atoms with Gasteiger partial charge < -0.3 is 4.90 Å². The number of anilines is 3. The number of benzene rings is 8. The molecule has 8 aromatic carbocycles. The molecule has 0 radical (unpaired) electrons. The van der Waals surface area contributed by atoms with Crippen molar-refractivity contribution in [3.8, 4) is 22.3 Å². The first-order valence-electron chi connectivity index (χ1n) is 18.9. The van der Waals surface area contributed by atoms with Crippen molar-refractivity contribution >= 4 is 48.6 Å². The van der Waals surface area contributed by atoms with E-state index in [1.165, 1.54) is 92.9 Å². The van der Waals surface area contributed by atoms with E-state index in [0.717, 1.165) is 0 Å². The molecular formula is C52H37NS. The highest BCUT2D eigenvalue weighted by Crippen LogP contribution is 2.61. The molecule has 0 spiro atoms. The lowest BCUT2D eigenvalue weighted by Gasteiger charge is -2.35. The third-order valence-electron chi connectivity index (χ3n) is 12.2. The van der Waals surface area contributed by atoms with Gasteiger partial charge >= 0.3 is 0 Å². The molecule has 9 aromatic rings. The summed E-state index contributed by atoms with van der Waals surface area (Å²) >= 11 is 1.90. The highest BCUT2D eigenvalue weighted by Gasteiger charge is 2.48. The molecule has 1 heterocycles. The smallest absolute Gasteiger partial charge is 0.0714 e. The van der Waals surface area contributed by atoms with Gasteiger partial charge in [0.25, 0.3) is 0 Å². The van der Waals surface area contributed by atoms with Gasteiger partial charge in [0, 0.05) is 32.0 Å². The Morgan fingerprint density at radius 2 is 0.870 bits per heavy atom. The van der Waals surface area contributed by atoms with Gasteiger partial charge in [0.2, 0.25) is 0 Å². The molecule has 1 aromatic heterocycles. The highest BCUT2D eigenvalue weighted by molar-refractivity contribution is 7.26. The van der Waals surface area contributed by atoms with Crippen molar-refractivity contribution in [3.05, 3.63) is 221 Å². The third kappa shape index (κ3) is 4.15. The summed E-state index contributed by atoms with van der Waals surface area (Å²) < 4.78 is 2.60. The van der Waals surface area contributed by atoms with Crippen LogP contribution in [0, 0.1) is 0 Å². The minimum Gasteiger partial charge on any atom is -0.308 e. The Bertz CT molecular complexity index is 2880. The van der Waals surface area contributed by atoms with Crippen LogP contribution in [0.2, 0.25) is 0 Å². The first-order valence-corrected chi connectivity index (χ1v) is 19.7. The maximum Gasteiger partial charge on any atom is 0.0714 e. The minimum atomic E-state index is -0.493. The van der Waals surface area contributed by atoms with Crippen molar-refractivity contribution in [3.63, 3.8) is 0 Å². The summed E-state index contributed by atoms with van der Waals surface area (Å²) in [4.78, 5) is 2.61. The number of thiophene rings is 1. The summed E-state index contributed by atoms with van der Waals surface area (Å²) in [6, 6.07) is 70.1. The van der Waals surface area contributed by atoms with Crippen molar-refractivity contribution < 1.29 is 0 Å². The quantitative estimate of drug-likeness (QED) is 0.172. The maximum atomic E-state index is 2.61. The Hall–Kier alpha value is -6.22. The van der Waals surface area contributed by atoms with E-state index in [1.54, 1.807) is 0 Å². The van der Waals surface area contributed by atoms with E-state index in [-0.39, 0.29) is 5.41 Å². The van der Waals surface area contributed by atoms with Crippen LogP contribution in [-0.4, -0.2) is 0 Å². The van der Waals surface area contributed by atoms with Gasteiger partial charge in [0.05, 0.1) is 27.2 Å². The van der Waals surface area contributed by atoms with E-state index in [0.29, 0.717) is 0 Å². The SMILES string of the molecule is CC1(C)c2ccccc2-c2c(N(c3cccc4c3-c3ccccc3C4(c3ccccc3)c3ccccc3)c3cccc4c3sc3ccccc34)cccc21. The molecule has 1 nitrogen and oxygen atoms in total. The van der Waals surface area contributed by atoms with Crippen LogP contribution >= 0.6 is 11.3 Å². The number of hydrogen-bond acceptors (Lipinski definition) is 2. The summed E-state index contributed by atoms with van der Waals surface area (Å²) in [6.45, 7) is 4.76. The average molecular weight is 708 g/mol. The second-order valence-corrected chi connectivity index (χ2v) is 16.2. The fourth-order valence-electron chi connectivity index (χ4n) is 9.88. The Kier molecular flexibility index (Phi) is 6.75. The number of rotatable bonds is 5. The lowest BCUT2D eigenvalue weighted by molar-refractivity contribution is 0.660. The van der Waals surface area contributed by atoms with Gasteiger partial charge in [-0.1, -0.05) is 178 Å². The molecule has 256 valence electrons. The molecule has 2 heteroatoms. The standard InChI is InChI=1S/C52H37NS/c1-51(2)40-26-12-9-23-38(40)48-42(51)28-16-30-44(48)53(46-32-15-25-37-36-22-11-14-33-47(36)54-50(37)46)45-31-17-29-43-49(45)39-24-10-13-27-41(39)52(43,34-18-5-3-6-19-34)35-20-7-4-8-21-35/h3-33H,1-2H3. The summed E-state index contributed by atoms with van der Waals surface area (Å²) in [5.41, 5.74) is 16.1. The van der Waals surface area contributed by atoms with Crippen molar-refractivity contribution in [2.75, 3.05) is 4.90 Å². The zero-order valence-corrected chi connectivity index (χ0v) is 31.1. The first-order chi connectivity index (χ1) is 26.6. The molecule has 0 unspecified atom stereocenters. The fraction of sp³-hybridized carbons (Fsp3) is 0.0769. The monoisotopic (exact) mass is 707 g/mol.